The second-order valence-electron chi connectivity index (χ2n) is 6.42. The first-order valence-electron chi connectivity index (χ1n) is 8.92. The van der Waals surface area contributed by atoms with Gasteiger partial charge in [-0.15, -0.1) is 0 Å². The summed E-state index contributed by atoms with van der Waals surface area (Å²) < 4.78 is 5.26. The Hall–Kier alpha value is -3.73. The Kier molecular flexibility index (Phi) is 4.72. The molecule has 0 amide bonds. The fourth-order valence-electron chi connectivity index (χ4n) is 3.02. The van der Waals surface area contributed by atoms with Gasteiger partial charge in [-0.25, -0.2) is 9.97 Å². The van der Waals surface area contributed by atoms with Gasteiger partial charge in [0, 0.05) is 28.4 Å². The number of benzene rings is 2. The van der Waals surface area contributed by atoms with Crippen molar-refractivity contribution in [3.05, 3.63) is 78.5 Å². The highest BCUT2D eigenvalue weighted by atomic mass is 16.5. The average Bonchev–Trinajstić information content (AvgIpc) is 2.74. The molecule has 5 heteroatoms. The average molecular weight is 369 g/mol. The van der Waals surface area contributed by atoms with Gasteiger partial charge in [0.15, 0.2) is 11.4 Å². The third-order valence-corrected chi connectivity index (χ3v) is 4.54. The maximum atomic E-state index is 11.5. The summed E-state index contributed by atoms with van der Waals surface area (Å²) in [7, 11) is 1.65. The van der Waals surface area contributed by atoms with Crippen molar-refractivity contribution in [1.82, 2.24) is 9.97 Å². The number of nitrogens with zero attached hydrogens (tertiary/aromatic N) is 2. The third-order valence-electron chi connectivity index (χ3n) is 4.54. The molecule has 0 aliphatic heterocycles. The topological polar surface area (TPSA) is 64.1 Å². The van der Waals surface area contributed by atoms with Crippen molar-refractivity contribution < 1.29 is 9.53 Å². The van der Waals surface area contributed by atoms with Crippen molar-refractivity contribution in [3.8, 4) is 16.9 Å². The summed E-state index contributed by atoms with van der Waals surface area (Å²) in [6.45, 7) is 1.56. The van der Waals surface area contributed by atoms with Crippen molar-refractivity contribution in [1.29, 1.82) is 0 Å². The largest absolute Gasteiger partial charge is 0.497 e. The zero-order valence-corrected chi connectivity index (χ0v) is 15.6. The van der Waals surface area contributed by atoms with Crippen molar-refractivity contribution >= 4 is 28.3 Å². The Morgan fingerprint density at radius 2 is 1.75 bits per heavy atom. The molecule has 2 aromatic carbocycles. The fraction of sp³-hybridized carbons (Fsp3) is 0.0870. The van der Waals surface area contributed by atoms with Gasteiger partial charge in [0.05, 0.1) is 7.11 Å². The number of carbonyl (C=O) groups is 1. The van der Waals surface area contributed by atoms with Crippen LogP contribution in [0.1, 0.15) is 17.3 Å². The van der Waals surface area contributed by atoms with Crippen LogP contribution in [0.5, 0.6) is 5.75 Å². The van der Waals surface area contributed by atoms with Gasteiger partial charge >= 0.3 is 0 Å². The van der Waals surface area contributed by atoms with Crippen LogP contribution in [-0.2, 0) is 0 Å². The van der Waals surface area contributed by atoms with Gasteiger partial charge in [-0.1, -0.05) is 12.1 Å². The minimum atomic E-state index is 0.0403. The molecule has 1 N–H and O–H groups in total. The number of fused-ring (bicyclic) bond motifs is 1. The Labute approximate surface area is 163 Å². The molecule has 0 spiro atoms. The third kappa shape index (κ3) is 3.55. The molecular formula is C23H19N3O2. The molecule has 0 bridgehead atoms. The molecule has 5 nitrogen and oxygen atoms in total. The zero-order valence-electron chi connectivity index (χ0n) is 15.6. The normalized spacial score (nSPS) is 10.6. The quantitative estimate of drug-likeness (QED) is 0.487. The van der Waals surface area contributed by atoms with Crippen molar-refractivity contribution in [2.75, 3.05) is 12.4 Å². The van der Waals surface area contributed by atoms with E-state index >= 15 is 0 Å². The van der Waals surface area contributed by atoms with Crippen molar-refractivity contribution in [2.24, 2.45) is 0 Å². The number of methoxy groups -OCH3 is 1. The highest BCUT2D eigenvalue weighted by Gasteiger charge is 2.11. The van der Waals surface area contributed by atoms with E-state index in [9.17, 15) is 4.79 Å². The zero-order chi connectivity index (χ0) is 19.5. The number of aromatic nitrogens is 2. The molecule has 2 aromatic heterocycles. The Bertz CT molecular complexity index is 1140. The lowest BCUT2D eigenvalue weighted by Gasteiger charge is -2.13. The van der Waals surface area contributed by atoms with Crippen molar-refractivity contribution in [3.63, 3.8) is 0 Å². The molecule has 0 unspecified atom stereocenters. The van der Waals surface area contributed by atoms with E-state index in [2.05, 4.69) is 16.4 Å². The second-order valence-corrected chi connectivity index (χ2v) is 6.42. The summed E-state index contributed by atoms with van der Waals surface area (Å²) in [6, 6.07) is 21.2. The van der Waals surface area contributed by atoms with Crippen LogP contribution < -0.4 is 10.1 Å². The molecular weight excluding hydrogens is 350 g/mol. The number of ketones is 1. The minimum absolute atomic E-state index is 0.0403. The summed E-state index contributed by atoms with van der Waals surface area (Å²) in [5, 5.41) is 4.33. The van der Waals surface area contributed by atoms with E-state index in [-0.39, 0.29) is 5.78 Å². The van der Waals surface area contributed by atoms with Gasteiger partial charge in [0.1, 0.15) is 11.6 Å². The predicted octanol–water partition coefficient (Wildman–Crippen LogP) is 5.25. The first-order valence-corrected chi connectivity index (χ1v) is 8.92. The number of hydrogen-bond acceptors (Lipinski definition) is 5. The molecule has 0 aliphatic carbocycles. The maximum Gasteiger partial charge on any atom is 0.161 e. The molecule has 4 rings (SSSR count). The number of rotatable bonds is 5. The lowest BCUT2D eigenvalue weighted by molar-refractivity contribution is 0.101. The maximum absolute atomic E-state index is 11.5. The van der Waals surface area contributed by atoms with Crippen LogP contribution in [0, 0.1) is 0 Å². The van der Waals surface area contributed by atoms with E-state index < -0.39 is 0 Å². The summed E-state index contributed by atoms with van der Waals surface area (Å²) in [6.07, 6.45) is 1.73. The van der Waals surface area contributed by atoms with Gasteiger partial charge in [-0.3, -0.25) is 4.79 Å². The predicted molar refractivity (Wildman–Crippen MR) is 111 cm³/mol. The molecule has 2 heterocycles. The van der Waals surface area contributed by atoms with Crippen LogP contribution in [-0.4, -0.2) is 22.9 Å². The summed E-state index contributed by atoms with van der Waals surface area (Å²) in [4.78, 5) is 20.6. The summed E-state index contributed by atoms with van der Waals surface area (Å²) in [5.41, 5.74) is 4.17. The molecule has 0 fully saturated rings. The SMILES string of the molecule is COc1ccc(-c2cc3cccnc3nc2Nc2ccc(C(C)=O)cc2)cc1. The monoisotopic (exact) mass is 369 g/mol. The van der Waals surface area contributed by atoms with Crippen LogP contribution in [0.25, 0.3) is 22.2 Å². The van der Waals surface area contributed by atoms with E-state index in [0.717, 1.165) is 28.0 Å². The molecule has 0 saturated heterocycles. The van der Waals surface area contributed by atoms with Gasteiger partial charge in [0.25, 0.3) is 0 Å². The van der Waals surface area contributed by atoms with E-state index in [1.807, 2.05) is 48.5 Å². The van der Waals surface area contributed by atoms with Crippen LogP contribution in [0.2, 0.25) is 0 Å². The summed E-state index contributed by atoms with van der Waals surface area (Å²) >= 11 is 0. The van der Waals surface area contributed by atoms with Crippen molar-refractivity contribution in [2.45, 2.75) is 6.92 Å². The smallest absolute Gasteiger partial charge is 0.161 e. The van der Waals surface area contributed by atoms with Gasteiger partial charge in [-0.2, -0.15) is 0 Å². The fourth-order valence-corrected chi connectivity index (χ4v) is 3.02. The molecule has 4 aromatic rings. The number of hydrogen-bond donors (Lipinski definition) is 1. The van der Waals surface area contributed by atoms with Crippen LogP contribution in [0.15, 0.2) is 72.9 Å². The molecule has 0 radical (unpaired) electrons. The molecule has 138 valence electrons. The Balaban J connectivity index is 1.79. The van der Waals surface area contributed by atoms with E-state index in [1.54, 1.807) is 32.4 Å². The lowest BCUT2D eigenvalue weighted by atomic mass is 10.0. The number of carbonyl (C=O) groups excluding carboxylic acids is 1. The highest BCUT2D eigenvalue weighted by molar-refractivity contribution is 5.94. The molecule has 0 saturated carbocycles. The number of ether oxygens (including phenoxy) is 1. The van der Waals surface area contributed by atoms with Gasteiger partial charge < -0.3 is 10.1 Å². The van der Waals surface area contributed by atoms with E-state index in [0.29, 0.717) is 17.0 Å². The first kappa shape index (κ1) is 17.7. The number of Topliss-reactive ketones (excluding diaryl/α,β-unsaturated/α-hetero) is 1. The van der Waals surface area contributed by atoms with Gasteiger partial charge in [0.2, 0.25) is 0 Å². The molecule has 28 heavy (non-hydrogen) atoms. The molecule has 0 aliphatic rings. The number of anilines is 2. The summed E-state index contributed by atoms with van der Waals surface area (Å²) in [5.74, 6) is 1.54. The lowest BCUT2D eigenvalue weighted by Crippen LogP contribution is -1.99. The van der Waals surface area contributed by atoms with E-state index in [4.69, 9.17) is 9.72 Å². The minimum Gasteiger partial charge on any atom is -0.497 e. The second kappa shape index (κ2) is 7.48. The van der Waals surface area contributed by atoms with Gasteiger partial charge in [-0.05, 0) is 67.1 Å². The highest BCUT2D eigenvalue weighted by Crippen LogP contribution is 2.32. The van der Waals surface area contributed by atoms with Crippen LogP contribution in [0.4, 0.5) is 11.5 Å². The van der Waals surface area contributed by atoms with Crippen LogP contribution in [0.3, 0.4) is 0 Å². The van der Waals surface area contributed by atoms with E-state index in [1.165, 1.54) is 0 Å². The number of nitrogens with one attached hydrogen (secondary N) is 1. The Morgan fingerprint density at radius 1 is 1.00 bits per heavy atom. The first-order chi connectivity index (χ1) is 13.6. The van der Waals surface area contributed by atoms with Crippen LogP contribution >= 0.6 is 0 Å². The molecule has 0 atom stereocenters. The Morgan fingerprint density at radius 3 is 2.43 bits per heavy atom. The number of pyridine rings is 2. The standard InChI is InChI=1S/C23H19N3O2/c1-15(27)16-5-9-19(10-6-16)25-23-21(17-7-11-20(28-2)12-8-17)14-18-4-3-13-24-22(18)26-23/h3-14H,1-2H3,(H,24,25,26).